The molecule has 0 aromatic heterocycles. The second-order valence-corrected chi connectivity index (χ2v) is 8.04. The van der Waals surface area contributed by atoms with Gasteiger partial charge in [-0.25, -0.2) is 0 Å². The molecule has 0 aliphatic carbocycles. The molecule has 13 heteroatoms. The summed E-state index contributed by atoms with van der Waals surface area (Å²) in [5.41, 5.74) is 5.73. The van der Waals surface area contributed by atoms with Gasteiger partial charge in [-0.1, -0.05) is 30.3 Å². The summed E-state index contributed by atoms with van der Waals surface area (Å²) in [6, 6.07) is 2.95. The third kappa shape index (κ3) is 9.68. The minimum atomic E-state index is -1.56. The molecule has 0 aliphatic rings. The van der Waals surface area contributed by atoms with Crippen molar-refractivity contribution in [2.24, 2.45) is 5.73 Å². The van der Waals surface area contributed by atoms with Crippen LogP contribution in [0.2, 0.25) is 0 Å². The van der Waals surface area contributed by atoms with Crippen molar-refractivity contribution in [1.29, 1.82) is 0 Å². The van der Waals surface area contributed by atoms with Crippen molar-refractivity contribution in [2.45, 2.75) is 63.6 Å². The fourth-order valence-corrected chi connectivity index (χ4v) is 3.07. The maximum atomic E-state index is 13.1. The smallest absolute Gasteiger partial charge is 0.245 e. The van der Waals surface area contributed by atoms with Crippen LogP contribution in [0.4, 0.5) is 0 Å². The molecule has 0 bridgehead atoms. The zero-order valence-corrected chi connectivity index (χ0v) is 19.7. The van der Waals surface area contributed by atoms with E-state index >= 15 is 0 Å². The van der Waals surface area contributed by atoms with E-state index in [1.165, 1.54) is 13.8 Å². The Labute approximate surface area is 202 Å². The maximum Gasteiger partial charge on any atom is 0.245 e. The summed E-state index contributed by atoms with van der Waals surface area (Å²) in [6.07, 6.45) is -2.73. The van der Waals surface area contributed by atoms with Crippen LogP contribution in [0, 0.1) is 0 Å². The number of nitrogens with two attached hydrogens (primary N) is 1. The van der Waals surface area contributed by atoms with Crippen LogP contribution in [0.5, 0.6) is 0 Å². The van der Waals surface area contributed by atoms with Gasteiger partial charge in [-0.3, -0.25) is 24.0 Å². The molecule has 194 valence electrons. The topological polar surface area (TPSA) is 220 Å². The molecule has 0 saturated heterocycles. The first-order valence-electron chi connectivity index (χ1n) is 10.9. The molecule has 0 spiro atoms. The monoisotopic (exact) mass is 495 g/mol. The Hall–Kier alpha value is -3.55. The average molecular weight is 496 g/mol. The second-order valence-electron chi connectivity index (χ2n) is 8.04. The Morgan fingerprint density at radius 2 is 1.29 bits per heavy atom. The molecule has 13 nitrogen and oxygen atoms in total. The number of aliphatic hydroxyl groups excluding tert-OH is 3. The Bertz CT molecular complexity index is 893. The molecule has 0 fully saturated rings. The number of amides is 5. The maximum absolute atomic E-state index is 13.1. The highest BCUT2D eigenvalue weighted by Gasteiger charge is 2.33. The lowest BCUT2D eigenvalue weighted by Crippen LogP contribution is -2.61. The zero-order chi connectivity index (χ0) is 26.7. The Kier molecular flexibility index (Phi) is 11.8. The van der Waals surface area contributed by atoms with Crippen LogP contribution >= 0.6 is 0 Å². The van der Waals surface area contributed by atoms with Gasteiger partial charge in [0.25, 0.3) is 0 Å². The van der Waals surface area contributed by atoms with Crippen LogP contribution in [0.3, 0.4) is 0 Å². The summed E-state index contributed by atoms with van der Waals surface area (Å²) >= 11 is 0. The van der Waals surface area contributed by atoms with Crippen molar-refractivity contribution in [3.8, 4) is 0 Å². The average Bonchev–Trinajstić information content (AvgIpc) is 2.78. The lowest BCUT2D eigenvalue weighted by molar-refractivity contribution is -0.136. The molecular formula is C22H33N5O8. The van der Waals surface area contributed by atoms with Crippen LogP contribution < -0.4 is 27.0 Å². The molecule has 0 heterocycles. The van der Waals surface area contributed by atoms with Gasteiger partial charge in [-0.2, -0.15) is 0 Å². The summed E-state index contributed by atoms with van der Waals surface area (Å²) in [5.74, 6) is -4.30. The van der Waals surface area contributed by atoms with Gasteiger partial charge < -0.3 is 42.3 Å². The lowest BCUT2D eigenvalue weighted by atomic mass is 10.0. The van der Waals surface area contributed by atoms with E-state index in [4.69, 9.17) is 5.73 Å². The number of rotatable bonds is 13. The second kappa shape index (κ2) is 14.0. The Morgan fingerprint density at radius 1 is 0.800 bits per heavy atom. The van der Waals surface area contributed by atoms with Gasteiger partial charge in [0, 0.05) is 13.3 Å². The van der Waals surface area contributed by atoms with Crippen molar-refractivity contribution < 1.29 is 39.3 Å². The highest BCUT2D eigenvalue weighted by atomic mass is 16.3. The molecule has 0 aliphatic heterocycles. The first-order valence-corrected chi connectivity index (χ1v) is 10.9. The van der Waals surface area contributed by atoms with Crippen molar-refractivity contribution in [2.75, 3.05) is 6.61 Å². The molecule has 5 amide bonds. The molecule has 0 unspecified atom stereocenters. The van der Waals surface area contributed by atoms with Crippen molar-refractivity contribution in [1.82, 2.24) is 21.3 Å². The molecule has 9 N–H and O–H groups in total. The number of benzene rings is 1. The van der Waals surface area contributed by atoms with Gasteiger partial charge in [0.1, 0.15) is 24.2 Å². The molecule has 1 aromatic rings. The van der Waals surface area contributed by atoms with E-state index < -0.39 is 72.5 Å². The standard InChI is InChI=1S/C22H33N5O8/c1-11(29)17(24-13(3)31)21(34)25-15(9-14-7-5-4-6-8-14)20(33)27-18(12(2)30)22(35)26-16(10-28)19(23)32/h4-8,11-12,15-18,28-30H,9-10H2,1-3H3,(H2,23,32)(H,24,31)(H,25,34)(H,26,35)(H,27,33)/t11-,12-,15+,16+,17+,18+/m1/s1. The van der Waals surface area contributed by atoms with E-state index in [1.807, 2.05) is 0 Å². The predicted octanol–water partition coefficient (Wildman–Crippen LogP) is -3.57. The number of hydrogen-bond donors (Lipinski definition) is 8. The zero-order valence-electron chi connectivity index (χ0n) is 19.7. The van der Waals surface area contributed by atoms with Crippen LogP contribution in [0.1, 0.15) is 26.3 Å². The van der Waals surface area contributed by atoms with E-state index in [0.717, 1.165) is 6.92 Å². The van der Waals surface area contributed by atoms with Crippen LogP contribution in [0.15, 0.2) is 30.3 Å². The molecule has 0 radical (unpaired) electrons. The fourth-order valence-electron chi connectivity index (χ4n) is 3.07. The fraction of sp³-hybridized carbons (Fsp3) is 0.500. The molecule has 1 aromatic carbocycles. The van der Waals surface area contributed by atoms with E-state index in [0.29, 0.717) is 5.56 Å². The molecular weight excluding hydrogens is 462 g/mol. The van der Waals surface area contributed by atoms with Gasteiger partial charge >= 0.3 is 0 Å². The predicted molar refractivity (Wildman–Crippen MR) is 123 cm³/mol. The lowest BCUT2D eigenvalue weighted by Gasteiger charge is -2.27. The number of primary amides is 1. The van der Waals surface area contributed by atoms with Crippen molar-refractivity contribution in [3.63, 3.8) is 0 Å². The number of carbonyl (C=O) groups is 5. The van der Waals surface area contributed by atoms with E-state index in [2.05, 4.69) is 21.3 Å². The van der Waals surface area contributed by atoms with Crippen molar-refractivity contribution >= 4 is 29.5 Å². The van der Waals surface area contributed by atoms with E-state index in [-0.39, 0.29) is 6.42 Å². The van der Waals surface area contributed by atoms with Crippen LogP contribution in [0.25, 0.3) is 0 Å². The molecule has 1 rings (SSSR count). The SMILES string of the molecule is CC(=O)N[C@H](C(=O)N[C@@H](Cc1ccccc1)C(=O)N[C@H](C(=O)N[C@@H](CO)C(N)=O)[C@@H](C)O)[C@@H](C)O. The quantitative estimate of drug-likeness (QED) is 0.136. The highest BCUT2D eigenvalue weighted by Crippen LogP contribution is 2.06. The molecule has 6 atom stereocenters. The first kappa shape index (κ1) is 29.5. The van der Waals surface area contributed by atoms with Crippen LogP contribution in [-0.2, 0) is 30.4 Å². The number of hydrogen-bond acceptors (Lipinski definition) is 8. The Morgan fingerprint density at radius 3 is 1.71 bits per heavy atom. The summed E-state index contributed by atoms with van der Waals surface area (Å²) in [7, 11) is 0. The molecule has 35 heavy (non-hydrogen) atoms. The van der Waals surface area contributed by atoms with Gasteiger partial charge in [-0.05, 0) is 19.4 Å². The first-order chi connectivity index (χ1) is 16.4. The Balaban J connectivity index is 3.14. The summed E-state index contributed by atoms with van der Waals surface area (Å²) < 4.78 is 0. The normalized spacial score (nSPS) is 15.9. The summed E-state index contributed by atoms with van der Waals surface area (Å²) in [4.78, 5) is 61.1. The number of aliphatic hydroxyl groups is 3. The van der Waals surface area contributed by atoms with Crippen LogP contribution in [-0.4, -0.2) is 87.8 Å². The van der Waals surface area contributed by atoms with Crippen molar-refractivity contribution in [3.05, 3.63) is 35.9 Å². The molecule has 0 saturated carbocycles. The third-order valence-electron chi connectivity index (χ3n) is 4.94. The number of nitrogens with one attached hydrogen (secondary N) is 4. The van der Waals surface area contributed by atoms with E-state index in [9.17, 15) is 39.3 Å². The number of carbonyl (C=O) groups excluding carboxylic acids is 5. The van der Waals surface area contributed by atoms with Gasteiger partial charge in [0.15, 0.2) is 0 Å². The summed E-state index contributed by atoms with van der Waals surface area (Å²) in [6.45, 7) is 2.87. The van der Waals surface area contributed by atoms with Gasteiger partial charge in [0.05, 0.1) is 18.8 Å². The highest BCUT2D eigenvalue weighted by molar-refractivity contribution is 5.95. The minimum Gasteiger partial charge on any atom is -0.394 e. The largest absolute Gasteiger partial charge is 0.394 e. The van der Waals surface area contributed by atoms with Gasteiger partial charge in [0.2, 0.25) is 29.5 Å². The summed E-state index contributed by atoms with van der Waals surface area (Å²) in [5, 5.41) is 38.3. The third-order valence-corrected chi connectivity index (χ3v) is 4.94. The minimum absolute atomic E-state index is 0.0281. The van der Waals surface area contributed by atoms with E-state index in [1.54, 1.807) is 30.3 Å². The van der Waals surface area contributed by atoms with Gasteiger partial charge in [-0.15, -0.1) is 0 Å².